The van der Waals surface area contributed by atoms with Gasteiger partial charge in [0.2, 0.25) is 0 Å². The number of hydrogen-bond donors (Lipinski definition) is 1. The summed E-state index contributed by atoms with van der Waals surface area (Å²) in [6.07, 6.45) is 0. The van der Waals surface area contributed by atoms with E-state index in [9.17, 15) is 0 Å². The maximum absolute atomic E-state index is 3.44. The Bertz CT molecular complexity index is 1550. The van der Waals surface area contributed by atoms with Gasteiger partial charge in [-0.25, -0.2) is 0 Å². The van der Waals surface area contributed by atoms with Gasteiger partial charge in [0, 0.05) is 11.4 Å². The first kappa shape index (κ1) is 19.3. The molecule has 0 radical (unpaired) electrons. The summed E-state index contributed by atoms with van der Waals surface area (Å²) in [5, 5.41) is 8.62. The van der Waals surface area contributed by atoms with Crippen LogP contribution in [-0.4, -0.2) is 0 Å². The van der Waals surface area contributed by atoms with Crippen molar-refractivity contribution in [3.63, 3.8) is 0 Å². The monoisotopic (exact) mass is 421 g/mol. The number of anilines is 2. The average molecular weight is 422 g/mol. The number of nitrogens with one attached hydrogen (secondary N) is 1. The van der Waals surface area contributed by atoms with Crippen molar-refractivity contribution in [2.24, 2.45) is 0 Å². The second kappa shape index (κ2) is 8.29. The van der Waals surface area contributed by atoms with E-state index in [-0.39, 0.29) is 0 Å². The van der Waals surface area contributed by atoms with E-state index in [1.165, 1.54) is 43.8 Å². The molecule has 0 amide bonds. The van der Waals surface area contributed by atoms with Crippen molar-refractivity contribution in [1.82, 2.24) is 0 Å². The lowest BCUT2D eigenvalue weighted by Gasteiger charge is -2.12. The quantitative estimate of drug-likeness (QED) is 0.280. The highest BCUT2D eigenvalue weighted by Crippen LogP contribution is 2.35. The van der Waals surface area contributed by atoms with Gasteiger partial charge in [-0.3, -0.25) is 0 Å². The first-order valence-corrected chi connectivity index (χ1v) is 11.3. The lowest BCUT2D eigenvalue weighted by molar-refractivity contribution is 1.54. The number of benzene rings is 6. The summed E-state index contributed by atoms with van der Waals surface area (Å²) < 4.78 is 0. The maximum atomic E-state index is 3.44. The molecular formula is C32H23N. The molecule has 156 valence electrons. The highest BCUT2D eigenvalue weighted by Gasteiger charge is 2.08. The second-order valence-corrected chi connectivity index (χ2v) is 8.34. The van der Waals surface area contributed by atoms with Crippen LogP contribution in [0.2, 0.25) is 0 Å². The Morgan fingerprint density at radius 2 is 0.879 bits per heavy atom. The molecule has 1 heteroatoms. The predicted molar refractivity (Wildman–Crippen MR) is 142 cm³/mol. The lowest BCUT2D eigenvalue weighted by Crippen LogP contribution is -1.89. The van der Waals surface area contributed by atoms with Crippen LogP contribution in [0.4, 0.5) is 11.4 Å². The van der Waals surface area contributed by atoms with Crippen molar-refractivity contribution in [2.75, 3.05) is 5.32 Å². The van der Waals surface area contributed by atoms with Crippen LogP contribution >= 0.6 is 0 Å². The van der Waals surface area contributed by atoms with Gasteiger partial charge in [-0.05, 0) is 74.1 Å². The van der Waals surface area contributed by atoms with Crippen molar-refractivity contribution in [2.45, 2.75) is 0 Å². The lowest BCUT2D eigenvalue weighted by atomic mass is 9.92. The molecule has 0 saturated carbocycles. The van der Waals surface area contributed by atoms with Crippen LogP contribution in [0.25, 0.3) is 43.8 Å². The zero-order chi connectivity index (χ0) is 22.0. The fourth-order valence-corrected chi connectivity index (χ4v) is 4.57. The average Bonchev–Trinajstić information content (AvgIpc) is 2.89. The van der Waals surface area contributed by atoms with E-state index >= 15 is 0 Å². The van der Waals surface area contributed by atoms with E-state index in [0.29, 0.717) is 0 Å². The van der Waals surface area contributed by atoms with Gasteiger partial charge in [-0.1, -0.05) is 103 Å². The number of fused-ring (bicyclic) bond motifs is 3. The Hall–Kier alpha value is -4.36. The van der Waals surface area contributed by atoms with Gasteiger partial charge < -0.3 is 5.32 Å². The zero-order valence-electron chi connectivity index (χ0n) is 18.2. The third kappa shape index (κ3) is 3.75. The molecule has 0 atom stereocenters. The minimum absolute atomic E-state index is 1.09. The molecule has 1 N–H and O–H groups in total. The smallest absolute Gasteiger partial charge is 0.0384 e. The van der Waals surface area contributed by atoms with Crippen molar-refractivity contribution in [3.8, 4) is 22.3 Å². The fourth-order valence-electron chi connectivity index (χ4n) is 4.57. The summed E-state index contributed by atoms with van der Waals surface area (Å²) in [4.78, 5) is 0. The minimum Gasteiger partial charge on any atom is -0.356 e. The maximum Gasteiger partial charge on any atom is 0.0384 e. The molecule has 0 aliphatic carbocycles. The third-order valence-corrected chi connectivity index (χ3v) is 6.24. The van der Waals surface area contributed by atoms with E-state index in [1.54, 1.807) is 0 Å². The first-order chi connectivity index (χ1) is 16.3. The summed E-state index contributed by atoms with van der Waals surface area (Å²) in [7, 11) is 0. The Kier molecular flexibility index (Phi) is 4.86. The van der Waals surface area contributed by atoms with Gasteiger partial charge in [0.25, 0.3) is 0 Å². The van der Waals surface area contributed by atoms with E-state index in [2.05, 4.69) is 121 Å². The molecule has 0 unspecified atom stereocenters. The molecule has 0 bridgehead atoms. The summed E-state index contributed by atoms with van der Waals surface area (Å²) in [5.74, 6) is 0. The molecule has 0 saturated heterocycles. The molecule has 6 aromatic rings. The largest absolute Gasteiger partial charge is 0.356 e. The van der Waals surface area contributed by atoms with E-state index in [4.69, 9.17) is 0 Å². The topological polar surface area (TPSA) is 12.0 Å². The molecule has 1 nitrogen and oxygen atoms in total. The summed E-state index contributed by atoms with van der Waals surface area (Å²) in [6, 6.07) is 47.4. The molecule has 0 aromatic heterocycles. The van der Waals surface area contributed by atoms with Crippen LogP contribution in [0.15, 0.2) is 133 Å². The zero-order valence-corrected chi connectivity index (χ0v) is 18.2. The Balaban J connectivity index is 1.33. The number of hydrogen-bond acceptors (Lipinski definition) is 1. The molecule has 33 heavy (non-hydrogen) atoms. The van der Waals surface area contributed by atoms with Crippen molar-refractivity contribution >= 4 is 32.9 Å². The van der Waals surface area contributed by atoms with Crippen LogP contribution in [0, 0.1) is 0 Å². The molecule has 0 aliphatic rings. The van der Waals surface area contributed by atoms with E-state index < -0.39 is 0 Å². The Morgan fingerprint density at radius 1 is 0.364 bits per heavy atom. The van der Waals surface area contributed by atoms with Crippen molar-refractivity contribution in [3.05, 3.63) is 133 Å². The van der Waals surface area contributed by atoms with Crippen LogP contribution in [0.5, 0.6) is 0 Å². The molecule has 6 rings (SSSR count). The Morgan fingerprint density at radius 3 is 1.61 bits per heavy atom. The van der Waals surface area contributed by atoms with Crippen LogP contribution in [0.1, 0.15) is 0 Å². The van der Waals surface area contributed by atoms with Gasteiger partial charge in [0.1, 0.15) is 0 Å². The van der Waals surface area contributed by atoms with E-state index in [0.717, 1.165) is 11.4 Å². The summed E-state index contributed by atoms with van der Waals surface area (Å²) in [6.45, 7) is 0. The third-order valence-electron chi connectivity index (χ3n) is 6.24. The molecule has 0 fully saturated rings. The van der Waals surface area contributed by atoms with Gasteiger partial charge in [-0.15, -0.1) is 0 Å². The minimum atomic E-state index is 1.09. The SMILES string of the molecule is c1ccc(Nc2ccc(-c3ccc(-c4cc5ccccc5c5ccccc45)cc3)cc2)cc1. The Labute approximate surface area is 194 Å². The van der Waals surface area contributed by atoms with Gasteiger partial charge in [0.15, 0.2) is 0 Å². The van der Waals surface area contributed by atoms with Gasteiger partial charge >= 0.3 is 0 Å². The van der Waals surface area contributed by atoms with Gasteiger partial charge in [-0.2, -0.15) is 0 Å². The van der Waals surface area contributed by atoms with Crippen molar-refractivity contribution in [1.29, 1.82) is 0 Å². The normalized spacial score (nSPS) is 11.0. The van der Waals surface area contributed by atoms with E-state index in [1.807, 2.05) is 18.2 Å². The molecule has 0 aliphatic heterocycles. The first-order valence-electron chi connectivity index (χ1n) is 11.3. The van der Waals surface area contributed by atoms with Crippen LogP contribution in [0.3, 0.4) is 0 Å². The number of para-hydroxylation sites is 1. The number of rotatable bonds is 4. The highest BCUT2D eigenvalue weighted by molar-refractivity contribution is 6.13. The molecule has 6 aromatic carbocycles. The second-order valence-electron chi connectivity index (χ2n) is 8.34. The standard InChI is InChI=1S/C32H23N/c1-2-9-27(10-3-1)33-28-20-18-24(19-21-28)23-14-16-25(17-15-23)32-22-26-8-4-5-11-29(26)30-12-6-7-13-31(30)32/h1-22,33H. The summed E-state index contributed by atoms with van der Waals surface area (Å²) in [5.41, 5.74) is 7.13. The highest BCUT2D eigenvalue weighted by atomic mass is 14.9. The molecule has 0 spiro atoms. The predicted octanol–water partition coefficient (Wildman–Crippen LogP) is 9.07. The summed E-state index contributed by atoms with van der Waals surface area (Å²) >= 11 is 0. The van der Waals surface area contributed by atoms with Gasteiger partial charge in [0.05, 0.1) is 0 Å². The molecular weight excluding hydrogens is 398 g/mol. The van der Waals surface area contributed by atoms with Crippen LogP contribution in [-0.2, 0) is 0 Å². The molecule has 0 heterocycles. The fraction of sp³-hybridized carbons (Fsp3) is 0. The van der Waals surface area contributed by atoms with Crippen LogP contribution < -0.4 is 5.32 Å². The van der Waals surface area contributed by atoms with Crippen molar-refractivity contribution < 1.29 is 0 Å².